The Bertz CT molecular complexity index is 569. The van der Waals surface area contributed by atoms with E-state index in [9.17, 15) is 4.79 Å². The second-order valence-corrected chi connectivity index (χ2v) is 7.47. The molecule has 2 aromatic rings. The maximum atomic E-state index is 12.0. The molecule has 0 aromatic carbocycles. The molecular weight excluding hydrogens is 332 g/mol. The summed E-state index contributed by atoms with van der Waals surface area (Å²) in [6, 6.07) is 1.86. The second kappa shape index (κ2) is 5.11. The lowest BCUT2D eigenvalue weighted by atomic mass is 9.93. The maximum absolute atomic E-state index is 12.0. The summed E-state index contributed by atoms with van der Waals surface area (Å²) in [4.78, 5) is 17.1. The fourth-order valence-corrected chi connectivity index (χ4v) is 3.66. The third kappa shape index (κ3) is 2.99. The summed E-state index contributed by atoms with van der Waals surface area (Å²) in [7, 11) is 0. The van der Waals surface area contributed by atoms with Crippen molar-refractivity contribution in [2.75, 3.05) is 5.32 Å². The highest BCUT2D eigenvalue weighted by Crippen LogP contribution is 2.28. The molecule has 0 aliphatic carbocycles. The van der Waals surface area contributed by atoms with Gasteiger partial charge in [0.1, 0.15) is 4.88 Å². The van der Waals surface area contributed by atoms with E-state index in [-0.39, 0.29) is 11.3 Å². The minimum Gasteiger partial charge on any atom is -0.297 e. The van der Waals surface area contributed by atoms with Gasteiger partial charge in [-0.05, 0) is 27.4 Å². The van der Waals surface area contributed by atoms with E-state index in [4.69, 9.17) is 0 Å². The Morgan fingerprint density at radius 3 is 2.61 bits per heavy atom. The van der Waals surface area contributed by atoms with Crippen LogP contribution in [0.15, 0.2) is 21.3 Å². The standard InChI is InChI=1S/C12H13BrN2OS2/c1-12(2,3)8-6-18-11(14-8)15-10(16)9-7(13)4-5-17-9/h4-6H,1-3H3,(H,14,15,16). The summed E-state index contributed by atoms with van der Waals surface area (Å²) in [5.74, 6) is -0.119. The SMILES string of the molecule is CC(C)(C)c1csc(NC(=O)c2sccc2Br)n1. The fourth-order valence-electron chi connectivity index (χ4n) is 1.29. The summed E-state index contributed by atoms with van der Waals surface area (Å²) in [5.41, 5.74) is 0.997. The number of carbonyl (C=O) groups is 1. The molecule has 0 aliphatic heterocycles. The van der Waals surface area contributed by atoms with E-state index in [1.807, 2.05) is 16.8 Å². The molecule has 1 N–H and O–H groups in total. The summed E-state index contributed by atoms with van der Waals surface area (Å²) in [6.45, 7) is 6.30. The fraction of sp³-hybridized carbons (Fsp3) is 0.333. The summed E-state index contributed by atoms with van der Waals surface area (Å²) in [6.07, 6.45) is 0. The van der Waals surface area contributed by atoms with Crippen LogP contribution in [0.5, 0.6) is 0 Å². The van der Waals surface area contributed by atoms with Crippen LogP contribution in [0.3, 0.4) is 0 Å². The van der Waals surface area contributed by atoms with Gasteiger partial charge in [-0.25, -0.2) is 4.98 Å². The van der Waals surface area contributed by atoms with E-state index < -0.39 is 0 Å². The van der Waals surface area contributed by atoms with Crippen molar-refractivity contribution in [2.24, 2.45) is 0 Å². The molecule has 0 aliphatic rings. The van der Waals surface area contributed by atoms with E-state index in [0.717, 1.165) is 10.2 Å². The van der Waals surface area contributed by atoms with E-state index in [2.05, 4.69) is 47.0 Å². The van der Waals surface area contributed by atoms with Gasteiger partial charge in [-0.15, -0.1) is 22.7 Å². The van der Waals surface area contributed by atoms with Crippen LogP contribution in [0.25, 0.3) is 0 Å². The van der Waals surface area contributed by atoms with Crippen LogP contribution in [0.2, 0.25) is 0 Å². The van der Waals surface area contributed by atoms with Gasteiger partial charge in [0.05, 0.1) is 5.69 Å². The normalized spacial score (nSPS) is 11.6. The van der Waals surface area contributed by atoms with Crippen molar-refractivity contribution < 1.29 is 4.79 Å². The van der Waals surface area contributed by atoms with Gasteiger partial charge in [-0.3, -0.25) is 10.1 Å². The monoisotopic (exact) mass is 344 g/mol. The van der Waals surface area contributed by atoms with Crippen LogP contribution in [0, 0.1) is 0 Å². The van der Waals surface area contributed by atoms with Crippen LogP contribution in [0.4, 0.5) is 5.13 Å². The number of thiophene rings is 1. The number of amides is 1. The molecule has 0 bridgehead atoms. The molecule has 0 atom stereocenters. The van der Waals surface area contributed by atoms with Crippen molar-refractivity contribution in [1.82, 2.24) is 4.98 Å². The maximum Gasteiger partial charge on any atom is 0.268 e. The first kappa shape index (κ1) is 13.7. The van der Waals surface area contributed by atoms with Crippen molar-refractivity contribution >= 4 is 49.6 Å². The number of aromatic nitrogens is 1. The molecular formula is C12H13BrN2OS2. The number of hydrogen-bond donors (Lipinski definition) is 1. The molecule has 2 rings (SSSR count). The third-order valence-electron chi connectivity index (χ3n) is 2.32. The van der Waals surface area contributed by atoms with Gasteiger partial charge < -0.3 is 0 Å². The van der Waals surface area contributed by atoms with Gasteiger partial charge in [-0.1, -0.05) is 20.8 Å². The molecule has 0 saturated carbocycles. The minimum atomic E-state index is -0.119. The van der Waals surface area contributed by atoms with E-state index in [0.29, 0.717) is 10.0 Å². The predicted octanol–water partition coefficient (Wildman–Crippen LogP) is 4.52. The Balaban J connectivity index is 2.13. The summed E-state index contributed by atoms with van der Waals surface area (Å²) in [5, 5.41) is 7.33. The third-order valence-corrected chi connectivity index (χ3v) is 4.91. The molecule has 0 radical (unpaired) electrons. The van der Waals surface area contributed by atoms with Gasteiger partial charge in [0.2, 0.25) is 0 Å². The Morgan fingerprint density at radius 2 is 2.11 bits per heavy atom. The summed E-state index contributed by atoms with van der Waals surface area (Å²) >= 11 is 6.21. The topological polar surface area (TPSA) is 42.0 Å². The Hall–Kier alpha value is -0.720. The molecule has 0 spiro atoms. The van der Waals surface area contributed by atoms with Crippen molar-refractivity contribution in [2.45, 2.75) is 26.2 Å². The van der Waals surface area contributed by atoms with Crippen LogP contribution >= 0.6 is 38.6 Å². The van der Waals surface area contributed by atoms with Crippen molar-refractivity contribution in [1.29, 1.82) is 0 Å². The number of carbonyl (C=O) groups excluding carboxylic acids is 1. The molecule has 0 unspecified atom stereocenters. The highest BCUT2D eigenvalue weighted by atomic mass is 79.9. The van der Waals surface area contributed by atoms with Crippen molar-refractivity contribution in [3.63, 3.8) is 0 Å². The number of anilines is 1. The zero-order valence-electron chi connectivity index (χ0n) is 10.3. The molecule has 18 heavy (non-hydrogen) atoms. The number of nitrogens with one attached hydrogen (secondary N) is 1. The van der Waals surface area contributed by atoms with Gasteiger partial charge in [0, 0.05) is 15.3 Å². The lowest BCUT2D eigenvalue weighted by Gasteiger charge is -2.14. The lowest BCUT2D eigenvalue weighted by Crippen LogP contribution is -2.13. The Morgan fingerprint density at radius 1 is 1.39 bits per heavy atom. The molecule has 0 saturated heterocycles. The Labute approximate surface area is 122 Å². The zero-order valence-corrected chi connectivity index (χ0v) is 13.5. The number of halogens is 1. The molecule has 3 nitrogen and oxygen atoms in total. The first-order chi connectivity index (χ1) is 8.38. The first-order valence-electron chi connectivity index (χ1n) is 5.38. The Kier molecular flexibility index (Phi) is 3.89. The highest BCUT2D eigenvalue weighted by Gasteiger charge is 2.19. The molecule has 2 heterocycles. The van der Waals surface area contributed by atoms with Crippen molar-refractivity contribution in [3.05, 3.63) is 31.9 Å². The number of thiazole rings is 1. The first-order valence-corrected chi connectivity index (χ1v) is 7.93. The lowest BCUT2D eigenvalue weighted by molar-refractivity contribution is 0.103. The average Bonchev–Trinajstić information content (AvgIpc) is 2.85. The van der Waals surface area contributed by atoms with Crippen LogP contribution < -0.4 is 5.32 Å². The number of rotatable bonds is 2. The van der Waals surface area contributed by atoms with Crippen LogP contribution in [-0.2, 0) is 5.41 Å². The smallest absolute Gasteiger partial charge is 0.268 e. The van der Waals surface area contributed by atoms with E-state index in [1.54, 1.807) is 0 Å². The number of hydrogen-bond acceptors (Lipinski definition) is 4. The molecule has 2 aromatic heterocycles. The van der Waals surface area contributed by atoms with Crippen LogP contribution in [0.1, 0.15) is 36.1 Å². The molecule has 0 fully saturated rings. The van der Waals surface area contributed by atoms with E-state index >= 15 is 0 Å². The molecule has 6 heteroatoms. The minimum absolute atomic E-state index is 0.00297. The number of nitrogens with zero attached hydrogens (tertiary/aromatic N) is 1. The van der Waals surface area contributed by atoms with Crippen LogP contribution in [-0.4, -0.2) is 10.9 Å². The second-order valence-electron chi connectivity index (χ2n) is 4.84. The van der Waals surface area contributed by atoms with Crippen molar-refractivity contribution in [3.8, 4) is 0 Å². The quantitative estimate of drug-likeness (QED) is 0.870. The van der Waals surface area contributed by atoms with Gasteiger partial charge in [-0.2, -0.15) is 0 Å². The summed E-state index contributed by atoms with van der Waals surface area (Å²) < 4.78 is 0.817. The zero-order chi connectivity index (χ0) is 13.3. The average molecular weight is 345 g/mol. The predicted molar refractivity (Wildman–Crippen MR) is 80.8 cm³/mol. The largest absolute Gasteiger partial charge is 0.297 e. The van der Waals surface area contributed by atoms with Gasteiger partial charge >= 0.3 is 0 Å². The molecule has 96 valence electrons. The van der Waals surface area contributed by atoms with Gasteiger partial charge in [0.25, 0.3) is 5.91 Å². The molecule has 1 amide bonds. The van der Waals surface area contributed by atoms with Gasteiger partial charge in [0.15, 0.2) is 5.13 Å². The van der Waals surface area contributed by atoms with E-state index in [1.165, 1.54) is 22.7 Å². The highest BCUT2D eigenvalue weighted by molar-refractivity contribution is 9.10.